The van der Waals surface area contributed by atoms with Gasteiger partial charge < -0.3 is 5.32 Å². The molecule has 0 radical (unpaired) electrons. The molecular weight excluding hydrogens is 296 g/mol. The molecule has 0 aromatic carbocycles. The Bertz CT molecular complexity index is 353. The van der Waals surface area contributed by atoms with Crippen LogP contribution in [-0.4, -0.2) is 30.6 Å². The lowest BCUT2D eigenvalue weighted by atomic mass is 9.97. The second-order valence-corrected chi connectivity index (χ2v) is 7.43. The molecule has 0 bridgehead atoms. The van der Waals surface area contributed by atoms with E-state index in [1.54, 1.807) is 0 Å². The average molecular weight is 317 g/mol. The first kappa shape index (κ1) is 13.5. The molecule has 1 N–H and O–H groups in total. The monoisotopic (exact) mass is 316 g/mol. The molecule has 2 rings (SSSR count). The van der Waals surface area contributed by atoms with Crippen LogP contribution in [0.2, 0.25) is 0 Å². The van der Waals surface area contributed by atoms with Crippen molar-refractivity contribution < 1.29 is 0 Å². The number of nitrogens with zero attached hydrogens (tertiary/aromatic N) is 1. The SMILES string of the molecule is CCC(C)C1CN(Cc2ccc(Br)s2)CCN1. The third kappa shape index (κ3) is 3.78. The van der Waals surface area contributed by atoms with E-state index in [0.717, 1.165) is 19.0 Å². The molecule has 2 atom stereocenters. The first-order valence-electron chi connectivity index (χ1n) is 6.39. The van der Waals surface area contributed by atoms with E-state index in [1.165, 1.54) is 28.2 Å². The summed E-state index contributed by atoms with van der Waals surface area (Å²) in [6.07, 6.45) is 1.26. The standard InChI is InChI=1S/C13H21BrN2S/c1-3-10(2)12-9-16(7-6-15-12)8-11-4-5-13(14)17-11/h4-5,10,12,15H,3,6-9H2,1-2H3. The third-order valence-corrected chi connectivity index (χ3v) is 5.24. The van der Waals surface area contributed by atoms with Crippen molar-refractivity contribution in [3.05, 3.63) is 20.8 Å². The Morgan fingerprint density at radius 3 is 3.06 bits per heavy atom. The average Bonchev–Trinajstić information content (AvgIpc) is 2.74. The summed E-state index contributed by atoms with van der Waals surface area (Å²) in [4.78, 5) is 4.03. The predicted octanol–water partition coefficient (Wildman–Crippen LogP) is 3.33. The van der Waals surface area contributed by atoms with Crippen molar-refractivity contribution in [1.29, 1.82) is 0 Å². The summed E-state index contributed by atoms with van der Waals surface area (Å²) < 4.78 is 1.24. The Kier molecular flexibility index (Phi) is 5.03. The van der Waals surface area contributed by atoms with Crippen LogP contribution in [0.15, 0.2) is 15.9 Å². The maximum atomic E-state index is 3.64. The van der Waals surface area contributed by atoms with Crippen molar-refractivity contribution in [2.45, 2.75) is 32.9 Å². The summed E-state index contributed by atoms with van der Waals surface area (Å²) >= 11 is 5.38. The molecule has 2 unspecified atom stereocenters. The van der Waals surface area contributed by atoms with Gasteiger partial charge in [-0.05, 0) is 34.0 Å². The van der Waals surface area contributed by atoms with Crippen LogP contribution in [0.4, 0.5) is 0 Å². The molecule has 1 saturated heterocycles. The molecule has 1 aromatic rings. The van der Waals surface area contributed by atoms with E-state index in [0.29, 0.717) is 6.04 Å². The minimum atomic E-state index is 0.664. The van der Waals surface area contributed by atoms with E-state index in [-0.39, 0.29) is 0 Å². The first-order chi connectivity index (χ1) is 8.19. The molecule has 0 aliphatic carbocycles. The molecule has 96 valence electrons. The number of halogens is 1. The molecule has 2 nitrogen and oxygen atoms in total. The molecule has 4 heteroatoms. The molecule has 1 fully saturated rings. The van der Waals surface area contributed by atoms with Gasteiger partial charge in [0.2, 0.25) is 0 Å². The first-order valence-corrected chi connectivity index (χ1v) is 8.00. The van der Waals surface area contributed by atoms with E-state index < -0.39 is 0 Å². The topological polar surface area (TPSA) is 15.3 Å². The summed E-state index contributed by atoms with van der Waals surface area (Å²) in [7, 11) is 0. The van der Waals surface area contributed by atoms with Gasteiger partial charge in [0.1, 0.15) is 0 Å². The Hall–Kier alpha value is 0.1000. The van der Waals surface area contributed by atoms with Crippen molar-refractivity contribution >= 4 is 27.3 Å². The van der Waals surface area contributed by atoms with Gasteiger partial charge in [-0.3, -0.25) is 4.90 Å². The summed E-state index contributed by atoms with van der Waals surface area (Å²) in [5, 5.41) is 3.64. The molecule has 17 heavy (non-hydrogen) atoms. The predicted molar refractivity (Wildman–Crippen MR) is 78.5 cm³/mol. The number of hydrogen-bond acceptors (Lipinski definition) is 3. The van der Waals surface area contributed by atoms with Gasteiger partial charge in [0.05, 0.1) is 3.79 Å². The number of piperazine rings is 1. The Balaban J connectivity index is 1.89. The van der Waals surface area contributed by atoms with E-state index in [9.17, 15) is 0 Å². The van der Waals surface area contributed by atoms with Crippen LogP contribution in [0, 0.1) is 5.92 Å². The maximum Gasteiger partial charge on any atom is 0.0701 e. The number of rotatable bonds is 4. The summed E-state index contributed by atoms with van der Waals surface area (Å²) in [5.41, 5.74) is 0. The lowest BCUT2D eigenvalue weighted by Crippen LogP contribution is -2.52. The molecule has 2 heterocycles. The van der Waals surface area contributed by atoms with Gasteiger partial charge in [-0.15, -0.1) is 11.3 Å². The molecule has 0 saturated carbocycles. The number of hydrogen-bond donors (Lipinski definition) is 1. The van der Waals surface area contributed by atoms with Gasteiger partial charge in [-0.1, -0.05) is 20.3 Å². The van der Waals surface area contributed by atoms with Crippen molar-refractivity contribution in [3.63, 3.8) is 0 Å². The van der Waals surface area contributed by atoms with Crippen LogP contribution in [0.3, 0.4) is 0 Å². The molecule has 0 spiro atoms. The molecule has 1 aliphatic heterocycles. The van der Waals surface area contributed by atoms with Crippen molar-refractivity contribution in [2.75, 3.05) is 19.6 Å². The normalized spacial score (nSPS) is 23.8. The second kappa shape index (κ2) is 6.32. The van der Waals surface area contributed by atoms with Crippen LogP contribution in [-0.2, 0) is 6.54 Å². The maximum absolute atomic E-state index is 3.64. The molecule has 1 aliphatic rings. The van der Waals surface area contributed by atoms with Crippen molar-refractivity contribution in [2.24, 2.45) is 5.92 Å². The van der Waals surface area contributed by atoms with Gasteiger partial charge in [0.15, 0.2) is 0 Å². The highest BCUT2D eigenvalue weighted by Gasteiger charge is 2.23. The zero-order valence-corrected chi connectivity index (χ0v) is 13.0. The van der Waals surface area contributed by atoms with Crippen LogP contribution >= 0.6 is 27.3 Å². The van der Waals surface area contributed by atoms with Crippen molar-refractivity contribution in [3.8, 4) is 0 Å². The number of thiophene rings is 1. The minimum Gasteiger partial charge on any atom is -0.311 e. The minimum absolute atomic E-state index is 0.664. The number of nitrogens with one attached hydrogen (secondary N) is 1. The lowest BCUT2D eigenvalue weighted by molar-refractivity contribution is 0.163. The van der Waals surface area contributed by atoms with Gasteiger partial charge >= 0.3 is 0 Å². The third-order valence-electron chi connectivity index (χ3n) is 3.63. The fourth-order valence-corrected chi connectivity index (χ4v) is 3.83. The largest absolute Gasteiger partial charge is 0.311 e. The summed E-state index contributed by atoms with van der Waals surface area (Å²) in [6.45, 7) is 9.21. The molecular formula is C13H21BrN2S. The summed E-state index contributed by atoms with van der Waals surface area (Å²) in [5.74, 6) is 0.771. The van der Waals surface area contributed by atoms with E-state index in [2.05, 4.69) is 52.1 Å². The van der Waals surface area contributed by atoms with E-state index in [4.69, 9.17) is 0 Å². The second-order valence-electron chi connectivity index (χ2n) is 4.89. The van der Waals surface area contributed by atoms with Crippen LogP contribution < -0.4 is 5.32 Å². The zero-order chi connectivity index (χ0) is 12.3. The van der Waals surface area contributed by atoms with Crippen molar-refractivity contribution in [1.82, 2.24) is 10.2 Å². The van der Waals surface area contributed by atoms with E-state index >= 15 is 0 Å². The highest BCUT2D eigenvalue weighted by atomic mass is 79.9. The Morgan fingerprint density at radius 1 is 1.59 bits per heavy atom. The smallest absolute Gasteiger partial charge is 0.0701 e. The zero-order valence-electron chi connectivity index (χ0n) is 10.6. The van der Waals surface area contributed by atoms with Gasteiger partial charge in [0.25, 0.3) is 0 Å². The van der Waals surface area contributed by atoms with Gasteiger partial charge in [0, 0.05) is 37.1 Å². The highest BCUT2D eigenvalue weighted by molar-refractivity contribution is 9.11. The fraction of sp³-hybridized carbons (Fsp3) is 0.692. The fourth-order valence-electron chi connectivity index (χ4n) is 2.31. The quantitative estimate of drug-likeness (QED) is 0.916. The lowest BCUT2D eigenvalue weighted by Gasteiger charge is -2.36. The van der Waals surface area contributed by atoms with Gasteiger partial charge in [-0.25, -0.2) is 0 Å². The van der Waals surface area contributed by atoms with Crippen LogP contribution in [0.5, 0.6) is 0 Å². The van der Waals surface area contributed by atoms with E-state index in [1.807, 2.05) is 11.3 Å². The molecule has 1 aromatic heterocycles. The Morgan fingerprint density at radius 2 is 2.41 bits per heavy atom. The Labute approximate surface area is 117 Å². The summed E-state index contributed by atoms with van der Waals surface area (Å²) in [6, 6.07) is 5.04. The highest BCUT2D eigenvalue weighted by Crippen LogP contribution is 2.24. The van der Waals surface area contributed by atoms with Gasteiger partial charge in [-0.2, -0.15) is 0 Å². The van der Waals surface area contributed by atoms with Crippen LogP contribution in [0.1, 0.15) is 25.1 Å². The van der Waals surface area contributed by atoms with Crippen LogP contribution in [0.25, 0.3) is 0 Å². The molecule has 0 amide bonds.